The molecule has 0 aromatic rings. The molecule has 1 aliphatic carbocycles. The van der Waals surface area contributed by atoms with Gasteiger partial charge in [-0.15, -0.1) is 0 Å². The summed E-state index contributed by atoms with van der Waals surface area (Å²) in [4.78, 5) is 29.2. The monoisotopic (exact) mass is 285 g/mol. The Hall–Kier alpha value is -1.30. The van der Waals surface area contributed by atoms with Crippen molar-refractivity contribution >= 4 is 12.1 Å². The van der Waals surface area contributed by atoms with E-state index in [-0.39, 0.29) is 12.0 Å². The second-order valence-electron chi connectivity index (χ2n) is 6.53. The lowest BCUT2D eigenvalue weighted by atomic mass is 9.91. The van der Waals surface area contributed by atoms with Crippen molar-refractivity contribution in [3.05, 3.63) is 0 Å². The van der Waals surface area contributed by atoms with Crippen LogP contribution in [0, 0.1) is 5.92 Å². The van der Waals surface area contributed by atoms with Crippen LogP contribution in [0.25, 0.3) is 0 Å². The summed E-state index contributed by atoms with van der Waals surface area (Å²) in [5.41, 5.74) is -0.672. The minimum absolute atomic E-state index is 0.137. The van der Waals surface area contributed by atoms with Gasteiger partial charge in [0.15, 0.2) is 6.04 Å². The molecule has 2 rings (SSSR count). The van der Waals surface area contributed by atoms with Crippen LogP contribution in [-0.2, 0) is 14.4 Å². The minimum Gasteiger partial charge on any atom is -0.480 e. The maximum atomic E-state index is 12.1. The van der Waals surface area contributed by atoms with Crippen molar-refractivity contribution in [3.63, 3.8) is 0 Å². The van der Waals surface area contributed by atoms with Crippen LogP contribution >= 0.6 is 0 Å². The van der Waals surface area contributed by atoms with Crippen molar-refractivity contribution in [1.29, 1.82) is 0 Å². The highest BCUT2D eigenvalue weighted by Crippen LogP contribution is 2.37. The Balaban J connectivity index is 2.16. The third-order valence-electron chi connectivity index (χ3n) is 3.74. The Bertz CT molecular complexity index is 390. The molecular formula is C14H23NO5. The van der Waals surface area contributed by atoms with Gasteiger partial charge in [0, 0.05) is 5.92 Å². The molecule has 1 saturated carbocycles. The first-order valence-electron chi connectivity index (χ1n) is 7.21. The summed E-state index contributed by atoms with van der Waals surface area (Å²) in [7, 11) is 0. The average Bonchev–Trinajstić information content (AvgIpc) is 2.52. The maximum absolute atomic E-state index is 12.1. The summed E-state index contributed by atoms with van der Waals surface area (Å²) in [6.07, 6.45) is 3.76. The van der Waals surface area contributed by atoms with Gasteiger partial charge in [0.1, 0.15) is 5.60 Å². The summed E-state index contributed by atoms with van der Waals surface area (Å²) in [6, 6.07) is -0.937. The van der Waals surface area contributed by atoms with E-state index in [0.29, 0.717) is 0 Å². The van der Waals surface area contributed by atoms with Crippen molar-refractivity contribution in [2.75, 3.05) is 0 Å². The number of hydrogen-bond donors (Lipinski definition) is 1. The third kappa shape index (κ3) is 3.23. The second-order valence-corrected chi connectivity index (χ2v) is 6.53. The molecule has 6 nitrogen and oxygen atoms in total. The normalized spacial score (nSPS) is 30.6. The number of hydroxylamine groups is 2. The SMILES string of the molecule is CC(C)(C)OC(=O)N1OC2CCCCCC2C1C(=O)O. The number of carbonyl (C=O) groups is 2. The number of fused-ring (bicyclic) bond motifs is 1. The molecule has 0 bridgehead atoms. The fraction of sp³-hybridized carbons (Fsp3) is 0.857. The molecule has 114 valence electrons. The third-order valence-corrected chi connectivity index (χ3v) is 3.74. The number of amides is 1. The molecule has 0 aromatic heterocycles. The van der Waals surface area contributed by atoms with Gasteiger partial charge in [-0.3, -0.25) is 4.84 Å². The van der Waals surface area contributed by atoms with Crippen LogP contribution in [0.1, 0.15) is 52.9 Å². The Labute approximate surface area is 119 Å². The number of carbonyl (C=O) groups excluding carboxylic acids is 1. The molecule has 20 heavy (non-hydrogen) atoms. The van der Waals surface area contributed by atoms with Gasteiger partial charge in [-0.25, -0.2) is 9.59 Å². The molecule has 6 heteroatoms. The van der Waals surface area contributed by atoms with E-state index in [9.17, 15) is 14.7 Å². The van der Waals surface area contributed by atoms with Crippen LogP contribution < -0.4 is 0 Å². The quantitative estimate of drug-likeness (QED) is 0.801. The summed E-state index contributed by atoms with van der Waals surface area (Å²) in [6.45, 7) is 5.23. The number of carboxylic acids is 1. The Morgan fingerprint density at radius 1 is 1.20 bits per heavy atom. The van der Waals surface area contributed by atoms with Gasteiger partial charge in [-0.2, -0.15) is 5.06 Å². The lowest BCUT2D eigenvalue weighted by molar-refractivity contribution is -0.170. The van der Waals surface area contributed by atoms with E-state index >= 15 is 0 Å². The van der Waals surface area contributed by atoms with Crippen LogP contribution in [-0.4, -0.2) is 40.0 Å². The molecule has 0 radical (unpaired) electrons. The molecule has 3 atom stereocenters. The first kappa shape index (κ1) is 15.1. The molecule has 2 aliphatic rings. The Morgan fingerprint density at radius 3 is 2.45 bits per heavy atom. The Morgan fingerprint density at radius 2 is 1.85 bits per heavy atom. The van der Waals surface area contributed by atoms with Crippen LogP contribution in [0.4, 0.5) is 4.79 Å². The number of aliphatic carboxylic acids is 1. The highest BCUT2D eigenvalue weighted by molar-refractivity contribution is 5.80. The number of rotatable bonds is 1. The van der Waals surface area contributed by atoms with Gasteiger partial charge in [-0.1, -0.05) is 19.3 Å². The van der Waals surface area contributed by atoms with Crippen LogP contribution in [0.3, 0.4) is 0 Å². The van der Waals surface area contributed by atoms with Gasteiger partial charge in [0.25, 0.3) is 0 Å². The fourth-order valence-electron chi connectivity index (χ4n) is 2.93. The molecule has 1 saturated heterocycles. The molecular weight excluding hydrogens is 262 g/mol. The Kier molecular flexibility index (Phi) is 4.22. The fourth-order valence-corrected chi connectivity index (χ4v) is 2.93. The molecule has 2 fully saturated rings. The molecule has 1 amide bonds. The number of carboxylic acid groups (broad SMARTS) is 1. The highest BCUT2D eigenvalue weighted by Gasteiger charge is 2.50. The minimum atomic E-state index is -1.02. The average molecular weight is 285 g/mol. The maximum Gasteiger partial charge on any atom is 0.435 e. The number of hydrogen-bond acceptors (Lipinski definition) is 4. The topological polar surface area (TPSA) is 76.1 Å². The van der Waals surface area contributed by atoms with Crippen molar-refractivity contribution in [2.24, 2.45) is 5.92 Å². The summed E-state index contributed by atoms with van der Waals surface area (Å²) in [5, 5.41) is 10.4. The van der Waals surface area contributed by atoms with E-state index in [1.165, 1.54) is 0 Å². The molecule has 1 aliphatic heterocycles. The van der Waals surface area contributed by atoms with Gasteiger partial charge in [0.05, 0.1) is 6.10 Å². The summed E-state index contributed by atoms with van der Waals surface area (Å²) in [5.74, 6) is -1.16. The standard InChI is InChI=1S/C14H23NO5/c1-14(2,3)19-13(18)15-11(12(16)17)9-7-5-4-6-8-10(9)20-15/h9-11H,4-8H2,1-3H3,(H,16,17). The van der Waals surface area contributed by atoms with E-state index in [4.69, 9.17) is 9.57 Å². The van der Waals surface area contributed by atoms with Gasteiger partial charge < -0.3 is 9.84 Å². The zero-order valence-corrected chi connectivity index (χ0v) is 12.3. The second kappa shape index (κ2) is 5.60. The van der Waals surface area contributed by atoms with Gasteiger partial charge in [-0.05, 0) is 33.6 Å². The van der Waals surface area contributed by atoms with Crippen LogP contribution in [0.15, 0.2) is 0 Å². The van der Waals surface area contributed by atoms with E-state index in [2.05, 4.69) is 0 Å². The molecule has 1 N–H and O–H groups in total. The summed E-state index contributed by atoms with van der Waals surface area (Å²) >= 11 is 0. The van der Waals surface area contributed by atoms with E-state index in [1.54, 1.807) is 20.8 Å². The van der Waals surface area contributed by atoms with E-state index < -0.39 is 23.7 Å². The first-order valence-corrected chi connectivity index (χ1v) is 7.21. The predicted molar refractivity (Wildman–Crippen MR) is 70.9 cm³/mol. The van der Waals surface area contributed by atoms with Crippen LogP contribution in [0.2, 0.25) is 0 Å². The number of nitrogens with zero attached hydrogens (tertiary/aromatic N) is 1. The summed E-state index contributed by atoms with van der Waals surface area (Å²) < 4.78 is 5.24. The molecule has 0 spiro atoms. The van der Waals surface area contributed by atoms with Crippen LogP contribution in [0.5, 0.6) is 0 Å². The van der Waals surface area contributed by atoms with Crippen molar-refractivity contribution in [3.8, 4) is 0 Å². The van der Waals surface area contributed by atoms with Gasteiger partial charge in [0.2, 0.25) is 0 Å². The lowest BCUT2D eigenvalue weighted by Crippen LogP contribution is -2.45. The van der Waals surface area contributed by atoms with Crippen molar-refractivity contribution in [1.82, 2.24) is 5.06 Å². The zero-order valence-electron chi connectivity index (χ0n) is 12.3. The number of ether oxygens (including phenoxy) is 1. The lowest BCUT2D eigenvalue weighted by Gasteiger charge is -2.26. The van der Waals surface area contributed by atoms with Crippen molar-refractivity contribution < 1.29 is 24.3 Å². The molecule has 3 unspecified atom stereocenters. The van der Waals surface area contributed by atoms with E-state index in [0.717, 1.165) is 37.2 Å². The smallest absolute Gasteiger partial charge is 0.435 e. The molecule has 0 aromatic carbocycles. The first-order chi connectivity index (χ1) is 9.29. The van der Waals surface area contributed by atoms with E-state index in [1.807, 2.05) is 0 Å². The molecule has 1 heterocycles. The zero-order chi connectivity index (χ0) is 14.9. The van der Waals surface area contributed by atoms with Crippen molar-refractivity contribution in [2.45, 2.75) is 70.6 Å². The van der Waals surface area contributed by atoms with Gasteiger partial charge >= 0.3 is 12.1 Å². The largest absolute Gasteiger partial charge is 0.480 e. The predicted octanol–water partition coefficient (Wildman–Crippen LogP) is 2.57. The highest BCUT2D eigenvalue weighted by atomic mass is 16.7.